The maximum Gasteiger partial charge on any atom is 0.0994 e. The van der Waals surface area contributed by atoms with E-state index in [4.69, 9.17) is 5.73 Å². The molecule has 0 saturated carbocycles. The van der Waals surface area contributed by atoms with Crippen molar-refractivity contribution >= 4 is 15.9 Å². The van der Waals surface area contributed by atoms with Crippen molar-refractivity contribution in [2.75, 3.05) is 0 Å². The van der Waals surface area contributed by atoms with E-state index in [-0.39, 0.29) is 6.04 Å². The molecule has 1 atom stereocenters. The van der Waals surface area contributed by atoms with E-state index in [0.29, 0.717) is 0 Å². The van der Waals surface area contributed by atoms with Crippen molar-refractivity contribution in [3.63, 3.8) is 0 Å². The van der Waals surface area contributed by atoms with Gasteiger partial charge >= 0.3 is 0 Å². The fourth-order valence-electron chi connectivity index (χ4n) is 1.64. The van der Waals surface area contributed by atoms with Crippen LogP contribution in [0.4, 0.5) is 0 Å². The molecule has 0 aliphatic carbocycles. The largest absolute Gasteiger partial charge is 0.323 e. The molecule has 0 saturated heterocycles. The highest BCUT2D eigenvalue weighted by molar-refractivity contribution is 9.10. The molecular formula is C12H14BrN3. The van der Waals surface area contributed by atoms with Crippen molar-refractivity contribution in [2.45, 2.75) is 19.9 Å². The summed E-state index contributed by atoms with van der Waals surface area (Å²) in [4.78, 5) is 4.14. The molecule has 16 heavy (non-hydrogen) atoms. The number of aromatic nitrogens is 2. The van der Waals surface area contributed by atoms with Crippen molar-refractivity contribution in [3.05, 3.63) is 46.5 Å². The van der Waals surface area contributed by atoms with Gasteiger partial charge in [-0.2, -0.15) is 0 Å². The first kappa shape index (κ1) is 11.4. The zero-order chi connectivity index (χ0) is 11.7. The Hall–Kier alpha value is -1.13. The smallest absolute Gasteiger partial charge is 0.0994 e. The Kier molecular flexibility index (Phi) is 3.12. The lowest BCUT2D eigenvalue weighted by Crippen LogP contribution is -2.10. The molecule has 0 fully saturated rings. The minimum absolute atomic E-state index is 0.0218. The van der Waals surface area contributed by atoms with Crippen LogP contribution in [0.2, 0.25) is 0 Å². The molecule has 3 nitrogen and oxygen atoms in total. The first-order valence-corrected chi connectivity index (χ1v) is 5.93. The van der Waals surface area contributed by atoms with Gasteiger partial charge in [0.25, 0.3) is 0 Å². The lowest BCUT2D eigenvalue weighted by molar-refractivity contribution is 0.752. The standard InChI is InChI=1S/C12H14BrN3/c1-8-5-10(3-4-11(8)13)16-7-15-6-12(16)9(2)14/h3-7,9H,14H2,1-2H3/t9-/m1/s1. The Morgan fingerprint density at radius 1 is 1.44 bits per heavy atom. The molecule has 2 N–H and O–H groups in total. The average Bonchev–Trinajstić information content (AvgIpc) is 2.71. The van der Waals surface area contributed by atoms with Gasteiger partial charge in [0.15, 0.2) is 0 Å². The van der Waals surface area contributed by atoms with Gasteiger partial charge in [0.2, 0.25) is 0 Å². The number of halogens is 1. The topological polar surface area (TPSA) is 43.8 Å². The van der Waals surface area contributed by atoms with Crippen LogP contribution >= 0.6 is 15.9 Å². The van der Waals surface area contributed by atoms with Gasteiger partial charge in [-0.1, -0.05) is 15.9 Å². The molecular weight excluding hydrogens is 266 g/mol. The molecule has 1 heterocycles. The molecule has 0 aliphatic heterocycles. The van der Waals surface area contributed by atoms with Crippen molar-refractivity contribution in [3.8, 4) is 5.69 Å². The number of aryl methyl sites for hydroxylation is 1. The fraction of sp³-hybridized carbons (Fsp3) is 0.250. The summed E-state index contributed by atoms with van der Waals surface area (Å²) in [5, 5.41) is 0. The predicted molar refractivity (Wildman–Crippen MR) is 68.6 cm³/mol. The Bertz CT molecular complexity index is 503. The van der Waals surface area contributed by atoms with Crippen molar-refractivity contribution in [2.24, 2.45) is 5.73 Å². The van der Waals surface area contributed by atoms with Gasteiger partial charge in [0.05, 0.1) is 18.2 Å². The number of hydrogen-bond acceptors (Lipinski definition) is 2. The summed E-state index contributed by atoms with van der Waals surface area (Å²) < 4.78 is 3.13. The third-order valence-electron chi connectivity index (χ3n) is 2.55. The van der Waals surface area contributed by atoms with Crippen LogP contribution in [0.3, 0.4) is 0 Å². The van der Waals surface area contributed by atoms with Gasteiger partial charge < -0.3 is 10.3 Å². The minimum atomic E-state index is -0.0218. The zero-order valence-corrected chi connectivity index (χ0v) is 10.9. The fourth-order valence-corrected chi connectivity index (χ4v) is 1.88. The van der Waals surface area contributed by atoms with E-state index < -0.39 is 0 Å². The maximum atomic E-state index is 5.89. The number of hydrogen-bond donors (Lipinski definition) is 1. The maximum absolute atomic E-state index is 5.89. The minimum Gasteiger partial charge on any atom is -0.323 e. The van der Waals surface area contributed by atoms with Gasteiger partial charge in [-0.3, -0.25) is 0 Å². The summed E-state index contributed by atoms with van der Waals surface area (Å²) in [6.07, 6.45) is 3.60. The lowest BCUT2D eigenvalue weighted by atomic mass is 10.2. The Morgan fingerprint density at radius 3 is 2.81 bits per heavy atom. The number of nitrogens with two attached hydrogens (primary N) is 1. The second kappa shape index (κ2) is 4.39. The summed E-state index contributed by atoms with van der Waals surface area (Å²) in [5.74, 6) is 0. The summed E-state index contributed by atoms with van der Waals surface area (Å²) in [7, 11) is 0. The first-order chi connectivity index (χ1) is 7.59. The van der Waals surface area contributed by atoms with E-state index >= 15 is 0 Å². The molecule has 4 heteroatoms. The molecule has 0 radical (unpaired) electrons. The van der Waals surface area contributed by atoms with E-state index in [1.165, 1.54) is 5.56 Å². The number of rotatable bonds is 2. The van der Waals surface area contributed by atoms with E-state index in [0.717, 1.165) is 15.9 Å². The van der Waals surface area contributed by atoms with Crippen LogP contribution in [-0.2, 0) is 0 Å². The summed E-state index contributed by atoms with van der Waals surface area (Å²) >= 11 is 3.49. The highest BCUT2D eigenvalue weighted by atomic mass is 79.9. The summed E-state index contributed by atoms with van der Waals surface area (Å²) in [5.41, 5.74) is 9.19. The zero-order valence-electron chi connectivity index (χ0n) is 9.31. The van der Waals surface area contributed by atoms with Crippen LogP contribution in [0.25, 0.3) is 5.69 Å². The van der Waals surface area contributed by atoms with Crippen LogP contribution in [0.15, 0.2) is 35.2 Å². The monoisotopic (exact) mass is 279 g/mol. The van der Waals surface area contributed by atoms with Gasteiger partial charge in [0, 0.05) is 16.2 Å². The molecule has 2 rings (SSSR count). The third kappa shape index (κ3) is 2.03. The van der Waals surface area contributed by atoms with E-state index in [1.807, 2.05) is 29.8 Å². The summed E-state index contributed by atoms with van der Waals surface area (Å²) in [6, 6.07) is 6.17. The van der Waals surface area contributed by atoms with Crippen molar-refractivity contribution < 1.29 is 0 Å². The van der Waals surface area contributed by atoms with Gasteiger partial charge in [-0.05, 0) is 37.6 Å². The molecule has 2 aromatic rings. The molecule has 1 aromatic carbocycles. The van der Waals surface area contributed by atoms with Gasteiger partial charge in [-0.25, -0.2) is 4.98 Å². The normalized spacial score (nSPS) is 12.8. The van der Waals surface area contributed by atoms with Gasteiger partial charge in [-0.15, -0.1) is 0 Å². The highest BCUT2D eigenvalue weighted by Gasteiger charge is 2.08. The van der Waals surface area contributed by atoms with Crippen LogP contribution in [0.1, 0.15) is 24.2 Å². The molecule has 0 bridgehead atoms. The van der Waals surface area contributed by atoms with Crippen molar-refractivity contribution in [1.82, 2.24) is 9.55 Å². The van der Waals surface area contributed by atoms with Crippen LogP contribution in [0, 0.1) is 6.92 Å². The quantitative estimate of drug-likeness (QED) is 0.919. The first-order valence-electron chi connectivity index (χ1n) is 5.14. The molecule has 0 amide bonds. The van der Waals surface area contributed by atoms with Crippen molar-refractivity contribution in [1.29, 1.82) is 0 Å². The average molecular weight is 280 g/mol. The van der Waals surface area contributed by atoms with E-state index in [2.05, 4.69) is 33.9 Å². The van der Waals surface area contributed by atoms with E-state index in [9.17, 15) is 0 Å². The van der Waals surface area contributed by atoms with Gasteiger partial charge in [0.1, 0.15) is 0 Å². The number of benzene rings is 1. The predicted octanol–water partition coefficient (Wildman–Crippen LogP) is 2.96. The number of imidazole rings is 1. The number of nitrogens with zero attached hydrogens (tertiary/aromatic N) is 2. The Balaban J connectivity index is 2.50. The van der Waals surface area contributed by atoms with Crippen LogP contribution < -0.4 is 5.73 Å². The second-order valence-electron chi connectivity index (χ2n) is 3.91. The van der Waals surface area contributed by atoms with Crippen LogP contribution in [0.5, 0.6) is 0 Å². The molecule has 84 valence electrons. The highest BCUT2D eigenvalue weighted by Crippen LogP contribution is 2.21. The molecule has 1 aromatic heterocycles. The molecule has 0 aliphatic rings. The SMILES string of the molecule is Cc1cc(-n2cncc2[C@@H](C)N)ccc1Br. The third-order valence-corrected chi connectivity index (χ3v) is 3.44. The second-order valence-corrected chi connectivity index (χ2v) is 4.77. The lowest BCUT2D eigenvalue weighted by Gasteiger charge is -2.11. The summed E-state index contributed by atoms with van der Waals surface area (Å²) in [6.45, 7) is 4.02. The Morgan fingerprint density at radius 2 is 2.19 bits per heavy atom. The molecule has 0 spiro atoms. The van der Waals surface area contributed by atoms with E-state index in [1.54, 1.807) is 6.33 Å². The van der Waals surface area contributed by atoms with Crippen LogP contribution in [-0.4, -0.2) is 9.55 Å². The molecule has 0 unspecified atom stereocenters. The Labute approximate surface area is 103 Å².